The smallest absolute Gasteiger partial charge is 0.308 e. The number of aromatic hydroxyl groups is 2. The van der Waals surface area contributed by atoms with E-state index in [-0.39, 0.29) is 17.9 Å². The minimum atomic E-state index is -0.935. The highest BCUT2D eigenvalue weighted by Gasteiger charge is 2.15. The third-order valence-corrected chi connectivity index (χ3v) is 4.39. The van der Waals surface area contributed by atoms with Gasteiger partial charge in [0.1, 0.15) is 11.5 Å². The number of nitrogens with one attached hydrogen (secondary N) is 1. The number of benzene rings is 2. The molecular formula is C18H15N3O4S. The standard InChI is InChI=1S/C18H15N3O4S/c22-13-7-6-12(14(23)8-13)10-19-21-18-20-17(11-4-2-1-3-5-11)15(26-18)9-16(24)25/h1-8,10,22-23H,9H2,(H,20,21)(H,24,25)/b19-10-. The zero-order valence-corrected chi connectivity index (χ0v) is 14.3. The summed E-state index contributed by atoms with van der Waals surface area (Å²) >= 11 is 1.21. The summed E-state index contributed by atoms with van der Waals surface area (Å²) in [6.45, 7) is 0. The molecule has 0 bridgehead atoms. The summed E-state index contributed by atoms with van der Waals surface area (Å²) in [5, 5.41) is 32.6. The van der Waals surface area contributed by atoms with E-state index in [1.54, 1.807) is 0 Å². The van der Waals surface area contributed by atoms with Gasteiger partial charge in [0.05, 0.1) is 18.3 Å². The number of phenolic OH excluding ortho intramolecular Hbond substituents is 2. The van der Waals surface area contributed by atoms with Crippen LogP contribution in [-0.4, -0.2) is 32.5 Å². The molecule has 0 amide bonds. The number of carboxylic acids is 1. The van der Waals surface area contributed by atoms with Crippen LogP contribution in [0.2, 0.25) is 0 Å². The van der Waals surface area contributed by atoms with E-state index >= 15 is 0 Å². The first kappa shape index (κ1) is 17.4. The molecule has 3 aromatic rings. The Balaban J connectivity index is 1.83. The number of thiazole rings is 1. The van der Waals surface area contributed by atoms with Crippen molar-refractivity contribution in [1.29, 1.82) is 0 Å². The number of phenols is 2. The molecule has 4 N–H and O–H groups in total. The van der Waals surface area contributed by atoms with Gasteiger partial charge in [-0.25, -0.2) is 4.98 Å². The van der Waals surface area contributed by atoms with E-state index in [1.807, 2.05) is 30.3 Å². The van der Waals surface area contributed by atoms with Crippen LogP contribution in [0.3, 0.4) is 0 Å². The van der Waals surface area contributed by atoms with Crippen molar-refractivity contribution in [2.45, 2.75) is 6.42 Å². The largest absolute Gasteiger partial charge is 0.508 e. The average Bonchev–Trinajstić information content (AvgIpc) is 2.99. The number of hydrazone groups is 1. The Morgan fingerprint density at radius 3 is 2.65 bits per heavy atom. The molecule has 0 aliphatic heterocycles. The molecule has 26 heavy (non-hydrogen) atoms. The lowest BCUT2D eigenvalue weighted by atomic mass is 10.1. The molecule has 0 atom stereocenters. The second-order valence-electron chi connectivity index (χ2n) is 5.34. The van der Waals surface area contributed by atoms with Gasteiger partial charge in [-0.15, -0.1) is 0 Å². The maximum atomic E-state index is 11.1. The summed E-state index contributed by atoms with van der Waals surface area (Å²) < 4.78 is 0. The molecule has 0 unspecified atom stereocenters. The van der Waals surface area contributed by atoms with E-state index in [1.165, 1.54) is 35.8 Å². The lowest BCUT2D eigenvalue weighted by Crippen LogP contribution is -1.99. The molecule has 0 fully saturated rings. The SMILES string of the molecule is O=C(O)Cc1sc(N/N=C\c2ccc(O)cc2O)nc1-c1ccccc1. The van der Waals surface area contributed by atoms with Crippen molar-refractivity contribution in [2.75, 3.05) is 5.43 Å². The topological polar surface area (TPSA) is 115 Å². The molecule has 132 valence electrons. The summed E-state index contributed by atoms with van der Waals surface area (Å²) in [4.78, 5) is 16.2. The second kappa shape index (κ2) is 7.66. The van der Waals surface area contributed by atoms with Crippen molar-refractivity contribution < 1.29 is 20.1 Å². The van der Waals surface area contributed by atoms with Crippen molar-refractivity contribution >= 4 is 28.7 Å². The van der Waals surface area contributed by atoms with E-state index in [0.29, 0.717) is 21.3 Å². The Morgan fingerprint density at radius 1 is 1.19 bits per heavy atom. The summed E-state index contributed by atoms with van der Waals surface area (Å²) in [7, 11) is 0. The molecular weight excluding hydrogens is 354 g/mol. The highest BCUT2D eigenvalue weighted by molar-refractivity contribution is 7.16. The molecule has 0 saturated carbocycles. The average molecular weight is 369 g/mol. The minimum Gasteiger partial charge on any atom is -0.508 e. The molecule has 3 rings (SSSR count). The van der Waals surface area contributed by atoms with E-state index in [2.05, 4.69) is 15.5 Å². The van der Waals surface area contributed by atoms with Crippen LogP contribution in [0, 0.1) is 0 Å². The van der Waals surface area contributed by atoms with Crippen LogP contribution >= 0.6 is 11.3 Å². The summed E-state index contributed by atoms with van der Waals surface area (Å²) in [6, 6.07) is 13.5. The fourth-order valence-corrected chi connectivity index (χ4v) is 3.20. The number of anilines is 1. The van der Waals surface area contributed by atoms with Gasteiger partial charge in [-0.3, -0.25) is 10.2 Å². The van der Waals surface area contributed by atoms with E-state index in [9.17, 15) is 15.0 Å². The molecule has 0 saturated heterocycles. The fraction of sp³-hybridized carbons (Fsp3) is 0.0556. The van der Waals surface area contributed by atoms with Gasteiger partial charge in [-0.2, -0.15) is 5.10 Å². The number of aliphatic carboxylic acids is 1. The maximum Gasteiger partial charge on any atom is 0.308 e. The summed E-state index contributed by atoms with van der Waals surface area (Å²) in [5.41, 5.74) is 4.59. The monoisotopic (exact) mass is 369 g/mol. The Hall–Kier alpha value is -3.39. The maximum absolute atomic E-state index is 11.1. The summed E-state index contributed by atoms with van der Waals surface area (Å²) in [6.07, 6.45) is 1.25. The second-order valence-corrected chi connectivity index (χ2v) is 6.42. The molecule has 0 aliphatic rings. The van der Waals surface area contributed by atoms with Gasteiger partial charge < -0.3 is 15.3 Å². The molecule has 2 aromatic carbocycles. The normalized spacial score (nSPS) is 10.9. The Morgan fingerprint density at radius 2 is 1.96 bits per heavy atom. The van der Waals surface area contributed by atoms with Gasteiger partial charge in [0.15, 0.2) is 0 Å². The highest BCUT2D eigenvalue weighted by atomic mass is 32.1. The Bertz CT molecular complexity index is 954. The predicted molar refractivity (Wildman–Crippen MR) is 99.9 cm³/mol. The van der Waals surface area contributed by atoms with Crippen molar-refractivity contribution in [3.8, 4) is 22.8 Å². The minimum absolute atomic E-state index is 0.0432. The molecule has 0 spiro atoms. The zero-order valence-electron chi connectivity index (χ0n) is 13.5. The molecule has 8 heteroatoms. The molecule has 1 heterocycles. The molecule has 1 aromatic heterocycles. The van der Waals surface area contributed by atoms with Gasteiger partial charge >= 0.3 is 5.97 Å². The third-order valence-electron chi connectivity index (χ3n) is 3.43. The quantitative estimate of drug-likeness (QED) is 0.391. The number of carbonyl (C=O) groups is 1. The third kappa shape index (κ3) is 4.17. The lowest BCUT2D eigenvalue weighted by Gasteiger charge is -1.99. The molecule has 0 aliphatic carbocycles. The number of hydrogen-bond donors (Lipinski definition) is 4. The number of carboxylic acid groups (broad SMARTS) is 1. The van der Waals surface area contributed by atoms with Crippen LogP contribution in [0.1, 0.15) is 10.4 Å². The van der Waals surface area contributed by atoms with Gasteiger partial charge in [0, 0.05) is 22.1 Å². The van der Waals surface area contributed by atoms with Crippen molar-refractivity contribution in [2.24, 2.45) is 5.10 Å². The number of rotatable bonds is 6. The first-order chi connectivity index (χ1) is 12.5. The van der Waals surface area contributed by atoms with E-state index in [4.69, 9.17) is 5.11 Å². The fourth-order valence-electron chi connectivity index (χ4n) is 2.28. The number of nitrogens with zero attached hydrogens (tertiary/aromatic N) is 2. The highest BCUT2D eigenvalue weighted by Crippen LogP contribution is 2.31. The van der Waals surface area contributed by atoms with Crippen LogP contribution in [-0.2, 0) is 11.2 Å². The molecule has 7 nitrogen and oxygen atoms in total. The van der Waals surface area contributed by atoms with Crippen LogP contribution in [0.5, 0.6) is 11.5 Å². The lowest BCUT2D eigenvalue weighted by molar-refractivity contribution is -0.136. The Labute approximate surface area is 152 Å². The van der Waals surface area contributed by atoms with Crippen molar-refractivity contribution in [3.05, 3.63) is 59.0 Å². The van der Waals surface area contributed by atoms with Crippen LogP contribution in [0.25, 0.3) is 11.3 Å². The first-order valence-corrected chi connectivity index (χ1v) is 8.42. The van der Waals surface area contributed by atoms with Crippen LogP contribution < -0.4 is 5.43 Å². The number of hydrogen-bond acceptors (Lipinski definition) is 7. The summed E-state index contributed by atoms with van der Waals surface area (Å²) in [5.74, 6) is -1.08. The van der Waals surface area contributed by atoms with E-state index in [0.717, 1.165) is 5.56 Å². The van der Waals surface area contributed by atoms with Gasteiger partial charge in [0.25, 0.3) is 0 Å². The van der Waals surface area contributed by atoms with Gasteiger partial charge in [0.2, 0.25) is 5.13 Å². The van der Waals surface area contributed by atoms with Crippen molar-refractivity contribution in [1.82, 2.24) is 4.98 Å². The number of aromatic nitrogens is 1. The van der Waals surface area contributed by atoms with Gasteiger partial charge in [-0.05, 0) is 12.1 Å². The van der Waals surface area contributed by atoms with Crippen LogP contribution in [0.4, 0.5) is 5.13 Å². The predicted octanol–water partition coefficient (Wildman–Crippen LogP) is 3.29. The van der Waals surface area contributed by atoms with Crippen molar-refractivity contribution in [3.63, 3.8) is 0 Å². The Kier molecular flexibility index (Phi) is 5.14. The zero-order chi connectivity index (χ0) is 18.5. The van der Waals surface area contributed by atoms with Crippen LogP contribution in [0.15, 0.2) is 53.6 Å². The molecule has 0 radical (unpaired) electrons. The first-order valence-electron chi connectivity index (χ1n) is 7.61. The van der Waals surface area contributed by atoms with E-state index < -0.39 is 5.97 Å². The van der Waals surface area contributed by atoms with Gasteiger partial charge in [-0.1, -0.05) is 41.7 Å².